The van der Waals surface area contributed by atoms with E-state index in [-0.39, 0.29) is 0 Å². The summed E-state index contributed by atoms with van der Waals surface area (Å²) in [5.41, 5.74) is 1.76. The van der Waals surface area contributed by atoms with Crippen LogP contribution < -0.4 is 9.47 Å². The van der Waals surface area contributed by atoms with Gasteiger partial charge >= 0.3 is 0 Å². The zero-order valence-electron chi connectivity index (χ0n) is 11.2. The highest BCUT2D eigenvalue weighted by Crippen LogP contribution is 2.37. The number of methoxy groups -OCH3 is 2. The van der Waals surface area contributed by atoms with Crippen LogP contribution in [0.25, 0.3) is 0 Å². The van der Waals surface area contributed by atoms with Crippen LogP contribution in [0.15, 0.2) is 52.7 Å². The fourth-order valence-corrected chi connectivity index (χ4v) is 1.64. The van der Waals surface area contributed by atoms with Crippen molar-refractivity contribution in [2.75, 3.05) is 14.2 Å². The van der Waals surface area contributed by atoms with E-state index in [1.165, 1.54) is 0 Å². The van der Waals surface area contributed by atoms with Crippen LogP contribution in [0.5, 0.6) is 11.5 Å². The Kier molecular flexibility index (Phi) is 4.30. The summed E-state index contributed by atoms with van der Waals surface area (Å²) >= 11 is 0. The Morgan fingerprint density at radius 1 is 0.900 bits per heavy atom. The smallest absolute Gasteiger partial charge is 0.169 e. The first-order valence-electron chi connectivity index (χ1n) is 5.91. The molecule has 0 radical (unpaired) electrons. The minimum absolute atomic E-state index is 0.529. The summed E-state index contributed by atoms with van der Waals surface area (Å²) in [6, 6.07) is 14.3. The lowest BCUT2D eigenvalue weighted by atomic mass is 10.2. The van der Waals surface area contributed by atoms with Crippen molar-refractivity contribution >= 4 is 11.4 Å². The van der Waals surface area contributed by atoms with Gasteiger partial charge in [0.15, 0.2) is 5.69 Å². The molecular weight excluding hydrogens is 254 g/mol. The van der Waals surface area contributed by atoms with Crippen molar-refractivity contribution in [2.24, 2.45) is 10.2 Å². The van der Waals surface area contributed by atoms with E-state index in [4.69, 9.17) is 14.7 Å². The standard InChI is InChI=1S/C15H13N3O2/c1-19-13-4-3-5-14(20-2)15(13)18-17-12-8-6-11(10-16)7-9-12/h3-9H,1-2H3. The van der Waals surface area contributed by atoms with E-state index in [0.29, 0.717) is 28.4 Å². The highest BCUT2D eigenvalue weighted by atomic mass is 16.5. The molecule has 0 saturated heterocycles. The number of nitriles is 1. The van der Waals surface area contributed by atoms with Gasteiger partial charge in [0.2, 0.25) is 0 Å². The fraction of sp³-hybridized carbons (Fsp3) is 0.133. The molecule has 0 amide bonds. The van der Waals surface area contributed by atoms with E-state index in [9.17, 15) is 0 Å². The largest absolute Gasteiger partial charge is 0.494 e. The molecule has 20 heavy (non-hydrogen) atoms. The number of hydrogen-bond acceptors (Lipinski definition) is 5. The summed E-state index contributed by atoms with van der Waals surface area (Å²) in [5.74, 6) is 1.17. The predicted molar refractivity (Wildman–Crippen MR) is 74.9 cm³/mol. The molecule has 100 valence electrons. The molecular formula is C15H13N3O2. The summed E-state index contributed by atoms with van der Waals surface area (Å²) in [6.07, 6.45) is 0. The van der Waals surface area contributed by atoms with E-state index in [0.717, 1.165) is 0 Å². The van der Waals surface area contributed by atoms with E-state index >= 15 is 0 Å². The molecule has 0 atom stereocenters. The first kappa shape index (κ1) is 13.6. The van der Waals surface area contributed by atoms with Gasteiger partial charge in [0.25, 0.3) is 0 Å². The Balaban J connectivity index is 2.33. The monoisotopic (exact) mass is 267 g/mol. The third-order valence-corrected chi connectivity index (χ3v) is 2.66. The first-order chi connectivity index (χ1) is 9.78. The lowest BCUT2D eigenvalue weighted by Crippen LogP contribution is -1.87. The highest BCUT2D eigenvalue weighted by molar-refractivity contribution is 5.62. The molecule has 0 heterocycles. The first-order valence-corrected chi connectivity index (χ1v) is 5.91. The average molecular weight is 267 g/mol. The minimum Gasteiger partial charge on any atom is -0.494 e. The van der Waals surface area contributed by atoms with Crippen molar-refractivity contribution in [1.29, 1.82) is 5.26 Å². The molecule has 0 fully saturated rings. The summed E-state index contributed by atoms with van der Waals surface area (Å²) < 4.78 is 10.5. The molecule has 5 nitrogen and oxygen atoms in total. The van der Waals surface area contributed by atoms with Gasteiger partial charge in [-0.25, -0.2) is 0 Å². The Bertz CT molecular complexity index is 636. The lowest BCUT2D eigenvalue weighted by molar-refractivity contribution is 0.396. The van der Waals surface area contributed by atoms with Gasteiger partial charge in [-0.1, -0.05) is 6.07 Å². The Morgan fingerprint density at radius 3 is 2.00 bits per heavy atom. The van der Waals surface area contributed by atoms with Crippen LogP contribution in [-0.4, -0.2) is 14.2 Å². The second-order valence-corrected chi connectivity index (χ2v) is 3.87. The molecule has 0 unspecified atom stereocenters. The van der Waals surface area contributed by atoms with Crippen molar-refractivity contribution in [3.05, 3.63) is 48.0 Å². The van der Waals surface area contributed by atoms with Gasteiger partial charge in [-0.3, -0.25) is 0 Å². The van der Waals surface area contributed by atoms with Crippen LogP contribution in [0.1, 0.15) is 5.56 Å². The maximum absolute atomic E-state index is 8.74. The molecule has 0 saturated carbocycles. The SMILES string of the molecule is COc1cccc(OC)c1N=Nc1ccc(C#N)cc1. The van der Waals surface area contributed by atoms with Crippen LogP contribution >= 0.6 is 0 Å². The van der Waals surface area contributed by atoms with Gasteiger partial charge < -0.3 is 9.47 Å². The molecule has 0 N–H and O–H groups in total. The lowest BCUT2D eigenvalue weighted by Gasteiger charge is -2.07. The van der Waals surface area contributed by atoms with Crippen LogP contribution in [-0.2, 0) is 0 Å². The number of rotatable bonds is 4. The average Bonchev–Trinajstić information content (AvgIpc) is 2.52. The maximum Gasteiger partial charge on any atom is 0.169 e. The number of benzene rings is 2. The number of nitrogens with zero attached hydrogens (tertiary/aromatic N) is 3. The molecule has 0 bridgehead atoms. The van der Waals surface area contributed by atoms with Crippen molar-refractivity contribution in [3.8, 4) is 17.6 Å². The summed E-state index contributed by atoms with van der Waals surface area (Å²) in [5, 5.41) is 17.0. The predicted octanol–water partition coefficient (Wildman–Crippen LogP) is 3.99. The van der Waals surface area contributed by atoms with Crippen molar-refractivity contribution in [2.45, 2.75) is 0 Å². The van der Waals surface area contributed by atoms with Gasteiger partial charge in [0.1, 0.15) is 11.5 Å². The van der Waals surface area contributed by atoms with Crippen molar-refractivity contribution in [3.63, 3.8) is 0 Å². The molecule has 2 aromatic rings. The third-order valence-electron chi connectivity index (χ3n) is 2.66. The zero-order chi connectivity index (χ0) is 14.4. The van der Waals surface area contributed by atoms with Crippen LogP contribution in [0.4, 0.5) is 11.4 Å². The van der Waals surface area contributed by atoms with E-state index in [1.54, 1.807) is 50.6 Å². The number of azo groups is 1. The quantitative estimate of drug-likeness (QED) is 0.786. The molecule has 0 aliphatic carbocycles. The van der Waals surface area contributed by atoms with Gasteiger partial charge in [-0.2, -0.15) is 10.4 Å². The number of ether oxygens (including phenoxy) is 2. The minimum atomic E-state index is 0.529. The molecule has 0 aliphatic rings. The van der Waals surface area contributed by atoms with Gasteiger partial charge in [-0.05, 0) is 36.4 Å². The van der Waals surface area contributed by atoms with Gasteiger partial charge in [-0.15, -0.1) is 5.11 Å². The molecule has 0 aromatic heterocycles. The van der Waals surface area contributed by atoms with Gasteiger partial charge in [0, 0.05) is 0 Å². The van der Waals surface area contributed by atoms with Crippen molar-refractivity contribution in [1.82, 2.24) is 0 Å². The van der Waals surface area contributed by atoms with E-state index in [2.05, 4.69) is 16.3 Å². The van der Waals surface area contributed by atoms with Crippen molar-refractivity contribution < 1.29 is 9.47 Å². The van der Waals surface area contributed by atoms with Crippen LogP contribution in [0.2, 0.25) is 0 Å². The molecule has 0 spiro atoms. The second kappa shape index (κ2) is 6.34. The normalized spacial score (nSPS) is 10.2. The zero-order valence-corrected chi connectivity index (χ0v) is 11.2. The van der Waals surface area contributed by atoms with E-state index in [1.807, 2.05) is 6.07 Å². The third kappa shape index (κ3) is 2.93. The summed E-state index contributed by atoms with van der Waals surface area (Å²) in [6.45, 7) is 0. The molecule has 0 aliphatic heterocycles. The molecule has 5 heteroatoms. The molecule has 2 rings (SSSR count). The topological polar surface area (TPSA) is 67.0 Å². The Morgan fingerprint density at radius 2 is 1.50 bits per heavy atom. The second-order valence-electron chi connectivity index (χ2n) is 3.87. The maximum atomic E-state index is 8.74. The highest BCUT2D eigenvalue weighted by Gasteiger charge is 2.08. The van der Waals surface area contributed by atoms with E-state index < -0.39 is 0 Å². The fourth-order valence-electron chi connectivity index (χ4n) is 1.64. The van der Waals surface area contributed by atoms with Crippen LogP contribution in [0.3, 0.4) is 0 Å². The summed E-state index contributed by atoms with van der Waals surface area (Å²) in [4.78, 5) is 0. The van der Waals surface area contributed by atoms with Crippen LogP contribution in [0, 0.1) is 11.3 Å². The Labute approximate surface area is 117 Å². The Hall–Kier alpha value is -2.87. The summed E-state index contributed by atoms with van der Waals surface area (Å²) in [7, 11) is 3.13. The number of hydrogen-bond donors (Lipinski definition) is 0. The molecule has 2 aromatic carbocycles. The van der Waals surface area contributed by atoms with Gasteiger partial charge in [0.05, 0.1) is 31.5 Å².